The van der Waals surface area contributed by atoms with Crippen LogP contribution in [0.1, 0.15) is 27.7 Å². The van der Waals surface area contributed by atoms with Crippen LogP contribution in [0.15, 0.2) is 43.1 Å². The highest BCUT2D eigenvalue weighted by Crippen LogP contribution is 2.07. The predicted molar refractivity (Wildman–Crippen MR) is 112 cm³/mol. The summed E-state index contributed by atoms with van der Waals surface area (Å²) in [6, 6.07) is 0. The van der Waals surface area contributed by atoms with Crippen molar-refractivity contribution in [1.29, 1.82) is 0 Å². The van der Waals surface area contributed by atoms with Crippen molar-refractivity contribution < 1.29 is 4.74 Å². The molecule has 7 heteroatoms. The van der Waals surface area contributed by atoms with Crippen molar-refractivity contribution in [1.82, 2.24) is 5.32 Å². The molecule has 0 aromatic carbocycles. The molecule has 1 heterocycles. The number of allylic oxidation sites excluding steroid dienone is 3. The van der Waals surface area contributed by atoms with Crippen LogP contribution >= 0.6 is 0 Å². The van der Waals surface area contributed by atoms with E-state index in [1.807, 2.05) is 40.1 Å². The monoisotopic (exact) mass is 360 g/mol. The summed E-state index contributed by atoms with van der Waals surface area (Å²) in [7, 11) is 1.66. The smallest absolute Gasteiger partial charge is 0.103 e. The number of nitrogens with two attached hydrogens (primary N) is 1. The molecule has 0 atom stereocenters. The highest BCUT2D eigenvalue weighted by molar-refractivity contribution is 6.22. The van der Waals surface area contributed by atoms with Gasteiger partial charge in [-0.2, -0.15) is 0 Å². The Morgan fingerprint density at radius 1 is 1.19 bits per heavy atom. The van der Waals surface area contributed by atoms with Gasteiger partial charge in [0.05, 0.1) is 38.9 Å². The Bertz CT molecular complexity index is 640. The van der Waals surface area contributed by atoms with E-state index in [0.29, 0.717) is 39.3 Å². The van der Waals surface area contributed by atoms with Crippen LogP contribution in [0, 0.1) is 0 Å². The van der Waals surface area contributed by atoms with Gasteiger partial charge in [0.1, 0.15) is 5.76 Å². The number of aliphatic imine (C=N–C) groups is 4. The minimum absolute atomic E-state index is 0.535. The van der Waals surface area contributed by atoms with Crippen LogP contribution in [0.3, 0.4) is 0 Å². The molecule has 1 aliphatic rings. The third kappa shape index (κ3) is 7.31. The number of ether oxygens (including phenoxy) is 1. The number of hydrogen-bond donors (Lipinski definition) is 2. The first-order valence-corrected chi connectivity index (χ1v) is 8.93. The number of nitrogens with zero attached hydrogens (tertiary/aromatic N) is 4. The summed E-state index contributed by atoms with van der Waals surface area (Å²) >= 11 is 0. The Kier molecular flexibility index (Phi) is 10.2. The summed E-state index contributed by atoms with van der Waals surface area (Å²) in [4.78, 5) is 18.3. The molecule has 0 bridgehead atoms. The van der Waals surface area contributed by atoms with E-state index >= 15 is 0 Å². The largest absolute Gasteiger partial charge is 0.501 e. The Balaban J connectivity index is 3.07. The standard InChI is InChI=1S/C19H32N6O/c1-14(23-7-6-20)18-12-21-8-9-22-13-19(17(4)26-5)16(3)25-11-10-24-15(18)2/h12-13,21H,6-11,20H2,1-5H3/b18-12-,19-17+,22-13?,23-14?,24-15?,25-16?. The molecular weight excluding hydrogens is 328 g/mol. The maximum atomic E-state index is 5.55. The zero-order valence-electron chi connectivity index (χ0n) is 16.7. The number of nitrogens with one attached hydrogen (secondary N) is 1. The van der Waals surface area contributed by atoms with Crippen molar-refractivity contribution in [3.05, 3.63) is 23.1 Å². The highest BCUT2D eigenvalue weighted by Gasteiger charge is 2.07. The van der Waals surface area contributed by atoms with Crippen molar-refractivity contribution >= 4 is 23.3 Å². The maximum Gasteiger partial charge on any atom is 0.103 e. The topological polar surface area (TPSA) is 96.7 Å². The molecule has 0 saturated carbocycles. The summed E-state index contributed by atoms with van der Waals surface area (Å²) in [6.07, 6.45) is 3.79. The molecule has 144 valence electrons. The summed E-state index contributed by atoms with van der Waals surface area (Å²) in [5.74, 6) is 0.809. The quantitative estimate of drug-likeness (QED) is 0.591. The first-order chi connectivity index (χ1) is 12.5. The summed E-state index contributed by atoms with van der Waals surface area (Å²) < 4.78 is 5.35. The fourth-order valence-corrected chi connectivity index (χ4v) is 2.40. The minimum atomic E-state index is 0.535. The minimum Gasteiger partial charge on any atom is -0.501 e. The predicted octanol–water partition coefficient (Wildman–Crippen LogP) is 1.81. The van der Waals surface area contributed by atoms with Gasteiger partial charge in [-0.15, -0.1) is 0 Å². The first kappa shape index (κ1) is 21.8. The fraction of sp³-hybridized carbons (Fsp3) is 0.579. The average molecular weight is 361 g/mol. The summed E-state index contributed by atoms with van der Waals surface area (Å²) in [5.41, 5.74) is 10.2. The second kappa shape index (κ2) is 12.1. The zero-order valence-corrected chi connectivity index (χ0v) is 16.7. The van der Waals surface area contributed by atoms with E-state index in [1.54, 1.807) is 7.11 Å². The Hall–Kier alpha value is -2.28. The Labute approximate surface area is 157 Å². The molecule has 0 spiro atoms. The lowest BCUT2D eigenvalue weighted by Crippen LogP contribution is -2.18. The number of hydrogen-bond acceptors (Lipinski definition) is 7. The van der Waals surface area contributed by atoms with Gasteiger partial charge in [0.15, 0.2) is 0 Å². The van der Waals surface area contributed by atoms with Crippen molar-refractivity contribution in [3.8, 4) is 0 Å². The lowest BCUT2D eigenvalue weighted by molar-refractivity contribution is 0.292. The number of methoxy groups -OCH3 is 1. The third-order valence-corrected chi connectivity index (χ3v) is 3.98. The van der Waals surface area contributed by atoms with Crippen LogP contribution in [0.25, 0.3) is 0 Å². The van der Waals surface area contributed by atoms with Gasteiger partial charge >= 0.3 is 0 Å². The van der Waals surface area contributed by atoms with Crippen molar-refractivity contribution in [2.75, 3.05) is 46.4 Å². The maximum absolute atomic E-state index is 5.55. The lowest BCUT2D eigenvalue weighted by Gasteiger charge is -2.10. The van der Waals surface area contributed by atoms with E-state index in [4.69, 9.17) is 10.5 Å². The summed E-state index contributed by atoms with van der Waals surface area (Å²) in [5, 5.41) is 3.30. The van der Waals surface area contributed by atoms with E-state index in [-0.39, 0.29) is 0 Å². The Morgan fingerprint density at radius 2 is 1.88 bits per heavy atom. The molecule has 3 N–H and O–H groups in total. The molecule has 0 saturated heterocycles. The van der Waals surface area contributed by atoms with Crippen molar-refractivity contribution in [2.45, 2.75) is 27.7 Å². The molecule has 0 aliphatic carbocycles. The van der Waals surface area contributed by atoms with E-state index in [9.17, 15) is 0 Å². The van der Waals surface area contributed by atoms with Gasteiger partial charge in [0.2, 0.25) is 0 Å². The molecule has 7 nitrogen and oxygen atoms in total. The average Bonchev–Trinajstić information content (AvgIpc) is 2.64. The molecule has 0 fully saturated rings. The molecule has 0 amide bonds. The van der Waals surface area contributed by atoms with E-state index in [1.165, 1.54) is 0 Å². The van der Waals surface area contributed by atoms with Gasteiger partial charge in [-0.25, -0.2) is 0 Å². The molecule has 0 unspecified atom stereocenters. The zero-order chi connectivity index (χ0) is 19.4. The van der Waals surface area contributed by atoms with Crippen molar-refractivity contribution in [3.63, 3.8) is 0 Å². The fourth-order valence-electron chi connectivity index (χ4n) is 2.40. The molecule has 26 heavy (non-hydrogen) atoms. The van der Waals surface area contributed by atoms with Crippen LogP contribution in [-0.4, -0.2) is 69.7 Å². The third-order valence-electron chi connectivity index (χ3n) is 3.98. The van der Waals surface area contributed by atoms with Crippen LogP contribution in [0.4, 0.5) is 0 Å². The molecule has 0 radical (unpaired) electrons. The second-order valence-corrected chi connectivity index (χ2v) is 5.91. The van der Waals surface area contributed by atoms with Crippen LogP contribution < -0.4 is 11.1 Å². The van der Waals surface area contributed by atoms with Gasteiger partial charge in [-0.1, -0.05) is 0 Å². The summed E-state index contributed by atoms with van der Waals surface area (Å²) in [6.45, 7) is 11.6. The van der Waals surface area contributed by atoms with E-state index in [0.717, 1.165) is 34.0 Å². The molecular formula is C19H32N6O. The van der Waals surface area contributed by atoms with E-state index in [2.05, 4.69) is 25.3 Å². The van der Waals surface area contributed by atoms with Gasteiger partial charge in [-0.3, -0.25) is 20.0 Å². The lowest BCUT2D eigenvalue weighted by atomic mass is 10.1. The normalized spacial score (nSPS) is 21.6. The molecule has 0 aromatic rings. The SMILES string of the molecule is CO/C(C)=C1\C=NCCN/C=C(/C(C)=NCCN)C(C)=NCCN=C1C. The molecule has 0 aromatic heterocycles. The van der Waals surface area contributed by atoms with Gasteiger partial charge in [0.25, 0.3) is 0 Å². The highest BCUT2D eigenvalue weighted by atomic mass is 16.5. The molecule has 1 aliphatic heterocycles. The van der Waals surface area contributed by atoms with Crippen molar-refractivity contribution in [2.24, 2.45) is 25.7 Å². The first-order valence-electron chi connectivity index (χ1n) is 8.93. The van der Waals surface area contributed by atoms with Crippen LogP contribution in [-0.2, 0) is 4.74 Å². The van der Waals surface area contributed by atoms with E-state index < -0.39 is 0 Å². The van der Waals surface area contributed by atoms with Crippen LogP contribution in [0.2, 0.25) is 0 Å². The van der Waals surface area contributed by atoms with Gasteiger partial charge < -0.3 is 15.8 Å². The number of rotatable bonds is 4. The van der Waals surface area contributed by atoms with Gasteiger partial charge in [0, 0.05) is 48.2 Å². The van der Waals surface area contributed by atoms with Crippen LogP contribution in [0.5, 0.6) is 0 Å². The van der Waals surface area contributed by atoms with Gasteiger partial charge in [-0.05, 0) is 27.7 Å². The Morgan fingerprint density at radius 3 is 2.54 bits per heavy atom. The second-order valence-electron chi connectivity index (χ2n) is 5.91. The molecule has 1 rings (SSSR count).